The van der Waals surface area contributed by atoms with Crippen molar-refractivity contribution in [1.82, 2.24) is 0 Å². The Labute approximate surface area is 165 Å². The van der Waals surface area contributed by atoms with Gasteiger partial charge in [0.05, 0.1) is 0 Å². The van der Waals surface area contributed by atoms with Crippen LogP contribution in [0.1, 0.15) is 47.2 Å². The number of benzene rings is 3. The van der Waals surface area contributed by atoms with E-state index in [1.54, 1.807) is 19.1 Å². The van der Waals surface area contributed by atoms with E-state index in [0.29, 0.717) is 12.0 Å². The molecule has 0 bridgehead atoms. The maximum Gasteiger partial charge on any atom is 0.227 e. The van der Waals surface area contributed by atoms with Crippen molar-refractivity contribution in [3.63, 3.8) is 0 Å². The highest BCUT2D eigenvalue weighted by atomic mass is 16.2. The van der Waals surface area contributed by atoms with Crippen LogP contribution in [0.5, 0.6) is 0 Å². The topological polar surface area (TPSA) is 37.4 Å². The van der Waals surface area contributed by atoms with E-state index in [9.17, 15) is 9.59 Å². The van der Waals surface area contributed by atoms with E-state index in [4.69, 9.17) is 0 Å². The second kappa shape index (κ2) is 7.81. The van der Waals surface area contributed by atoms with E-state index in [0.717, 1.165) is 12.1 Å². The summed E-state index contributed by atoms with van der Waals surface area (Å²) in [6, 6.07) is 28.2. The summed E-state index contributed by atoms with van der Waals surface area (Å²) >= 11 is 0. The normalized spacial score (nSPS) is 16.6. The largest absolute Gasteiger partial charge is 0.308 e. The quantitative estimate of drug-likeness (QED) is 0.579. The van der Waals surface area contributed by atoms with Crippen LogP contribution in [0, 0.1) is 0 Å². The van der Waals surface area contributed by atoms with Gasteiger partial charge in [-0.05, 0) is 48.7 Å². The first-order chi connectivity index (χ1) is 13.6. The summed E-state index contributed by atoms with van der Waals surface area (Å²) in [4.78, 5) is 26.4. The Morgan fingerprint density at radius 2 is 1.39 bits per heavy atom. The third-order valence-electron chi connectivity index (χ3n) is 5.51. The van der Waals surface area contributed by atoms with Gasteiger partial charge in [-0.3, -0.25) is 9.59 Å². The molecule has 1 saturated heterocycles. The molecule has 0 aliphatic carbocycles. The zero-order valence-electron chi connectivity index (χ0n) is 15.9. The zero-order chi connectivity index (χ0) is 19.5. The molecule has 3 nitrogen and oxygen atoms in total. The van der Waals surface area contributed by atoms with Crippen LogP contribution in [0.15, 0.2) is 84.9 Å². The van der Waals surface area contributed by atoms with Crippen LogP contribution in [-0.4, -0.2) is 17.7 Å². The number of hydrogen-bond acceptors (Lipinski definition) is 2. The van der Waals surface area contributed by atoms with Gasteiger partial charge in [0.25, 0.3) is 0 Å². The molecule has 3 heteroatoms. The minimum Gasteiger partial charge on any atom is -0.308 e. The fraction of sp³-hybridized carbons (Fsp3) is 0.200. The van der Waals surface area contributed by atoms with E-state index in [-0.39, 0.29) is 23.7 Å². The number of amides is 1. The van der Waals surface area contributed by atoms with Gasteiger partial charge in [0.1, 0.15) is 0 Å². The molecule has 3 aromatic carbocycles. The molecule has 4 rings (SSSR count). The Kier molecular flexibility index (Phi) is 5.07. The van der Waals surface area contributed by atoms with Crippen molar-refractivity contribution in [3.05, 3.63) is 102 Å². The molecule has 140 valence electrons. The van der Waals surface area contributed by atoms with Crippen molar-refractivity contribution >= 4 is 17.4 Å². The minimum absolute atomic E-state index is 0.0299. The number of carbonyl (C=O) groups is 2. The van der Waals surface area contributed by atoms with Gasteiger partial charge in [0, 0.05) is 29.6 Å². The average Bonchev–Trinajstić information content (AvgIpc) is 3.11. The van der Waals surface area contributed by atoms with Crippen LogP contribution in [0.4, 0.5) is 5.69 Å². The lowest BCUT2D eigenvalue weighted by Gasteiger charge is -2.33. The van der Waals surface area contributed by atoms with E-state index < -0.39 is 0 Å². The van der Waals surface area contributed by atoms with Crippen molar-refractivity contribution in [3.8, 4) is 0 Å². The van der Waals surface area contributed by atoms with Gasteiger partial charge in [0.2, 0.25) is 5.91 Å². The number of anilines is 1. The number of ketones is 1. The van der Waals surface area contributed by atoms with Gasteiger partial charge in [-0.1, -0.05) is 60.7 Å². The van der Waals surface area contributed by atoms with Gasteiger partial charge >= 0.3 is 0 Å². The fourth-order valence-electron chi connectivity index (χ4n) is 4.17. The van der Waals surface area contributed by atoms with Gasteiger partial charge in [-0.15, -0.1) is 0 Å². The van der Waals surface area contributed by atoms with E-state index in [2.05, 4.69) is 24.3 Å². The summed E-state index contributed by atoms with van der Waals surface area (Å²) in [6.45, 7) is 1.56. The van der Waals surface area contributed by atoms with E-state index >= 15 is 0 Å². The number of hydrogen-bond donors (Lipinski definition) is 0. The highest BCUT2D eigenvalue weighted by Gasteiger charge is 2.38. The van der Waals surface area contributed by atoms with Crippen LogP contribution in [0.3, 0.4) is 0 Å². The molecule has 0 aromatic heterocycles. The molecule has 1 unspecified atom stereocenters. The number of rotatable bonds is 5. The van der Waals surface area contributed by atoms with Crippen LogP contribution < -0.4 is 4.90 Å². The Morgan fingerprint density at radius 1 is 0.857 bits per heavy atom. The van der Waals surface area contributed by atoms with Gasteiger partial charge in [-0.25, -0.2) is 0 Å². The molecule has 1 heterocycles. The third-order valence-corrected chi connectivity index (χ3v) is 5.51. The lowest BCUT2D eigenvalue weighted by Crippen LogP contribution is -2.37. The van der Waals surface area contributed by atoms with Crippen molar-refractivity contribution in [1.29, 1.82) is 0 Å². The van der Waals surface area contributed by atoms with Crippen molar-refractivity contribution in [2.24, 2.45) is 0 Å². The highest BCUT2D eigenvalue weighted by molar-refractivity contribution is 5.98. The standard InChI is InChI=1S/C25H23NO2/c1-18(27)19-12-14-22(15-13-19)26-23(16-17-24(26)28)25(20-8-4-2-5-9-20)21-10-6-3-7-11-21/h2-15,23,25H,16-17H2,1H3. The summed E-state index contributed by atoms with van der Waals surface area (Å²) in [5, 5.41) is 0. The predicted octanol–water partition coefficient (Wildman–Crippen LogP) is 5.22. The SMILES string of the molecule is CC(=O)c1ccc(N2C(=O)CCC2C(c2ccccc2)c2ccccc2)cc1. The molecule has 0 N–H and O–H groups in total. The molecule has 1 fully saturated rings. The fourth-order valence-corrected chi connectivity index (χ4v) is 4.17. The minimum atomic E-state index is 0.0299. The predicted molar refractivity (Wildman–Crippen MR) is 112 cm³/mol. The molecule has 1 aliphatic heterocycles. The Hall–Kier alpha value is -3.20. The Bertz CT molecular complexity index is 925. The molecule has 28 heavy (non-hydrogen) atoms. The average molecular weight is 369 g/mol. The van der Waals surface area contributed by atoms with Gasteiger partial charge in [-0.2, -0.15) is 0 Å². The van der Waals surface area contributed by atoms with Crippen molar-refractivity contribution in [2.75, 3.05) is 4.90 Å². The van der Waals surface area contributed by atoms with Crippen molar-refractivity contribution < 1.29 is 9.59 Å². The first kappa shape index (κ1) is 18.2. The zero-order valence-corrected chi connectivity index (χ0v) is 15.9. The summed E-state index contributed by atoms with van der Waals surface area (Å²) in [6.07, 6.45) is 1.34. The van der Waals surface area contributed by atoms with E-state index in [1.807, 2.05) is 53.4 Å². The molecular weight excluding hydrogens is 346 g/mol. The number of Topliss-reactive ketones (excluding diaryl/α,β-unsaturated/α-hetero) is 1. The van der Waals surface area contributed by atoms with Crippen molar-refractivity contribution in [2.45, 2.75) is 31.7 Å². The molecular formula is C25H23NO2. The maximum absolute atomic E-state index is 12.8. The van der Waals surface area contributed by atoms with Crippen LogP contribution in [-0.2, 0) is 4.79 Å². The van der Waals surface area contributed by atoms with Crippen LogP contribution >= 0.6 is 0 Å². The first-order valence-corrected chi connectivity index (χ1v) is 9.68. The summed E-state index contributed by atoms with van der Waals surface area (Å²) < 4.78 is 0. The second-order valence-corrected chi connectivity index (χ2v) is 7.27. The maximum atomic E-state index is 12.8. The van der Waals surface area contributed by atoms with Crippen LogP contribution in [0.2, 0.25) is 0 Å². The molecule has 1 amide bonds. The number of carbonyl (C=O) groups excluding carboxylic acids is 2. The Balaban J connectivity index is 1.76. The molecule has 0 radical (unpaired) electrons. The van der Waals surface area contributed by atoms with Gasteiger partial charge in [0.15, 0.2) is 5.78 Å². The molecule has 0 spiro atoms. The van der Waals surface area contributed by atoms with E-state index in [1.165, 1.54) is 11.1 Å². The summed E-state index contributed by atoms with van der Waals surface area (Å²) in [5.74, 6) is 0.265. The molecule has 3 aromatic rings. The Morgan fingerprint density at radius 3 is 1.89 bits per heavy atom. The molecule has 1 atom stereocenters. The summed E-state index contributed by atoms with van der Waals surface area (Å²) in [7, 11) is 0. The van der Waals surface area contributed by atoms with Gasteiger partial charge < -0.3 is 4.90 Å². The monoisotopic (exact) mass is 369 g/mol. The third kappa shape index (κ3) is 3.48. The highest BCUT2D eigenvalue weighted by Crippen LogP contribution is 2.39. The second-order valence-electron chi connectivity index (χ2n) is 7.27. The number of nitrogens with zero attached hydrogens (tertiary/aromatic N) is 1. The smallest absolute Gasteiger partial charge is 0.227 e. The van der Waals surface area contributed by atoms with Crippen LogP contribution in [0.25, 0.3) is 0 Å². The summed E-state index contributed by atoms with van der Waals surface area (Å²) in [5.41, 5.74) is 3.93. The first-order valence-electron chi connectivity index (χ1n) is 9.68. The lowest BCUT2D eigenvalue weighted by atomic mass is 9.83. The molecule has 1 aliphatic rings. The molecule has 0 saturated carbocycles. The lowest BCUT2D eigenvalue weighted by molar-refractivity contribution is -0.117.